The van der Waals surface area contributed by atoms with Crippen LogP contribution in [0.15, 0.2) is 47.7 Å². The number of hydrogen-bond donors (Lipinski definition) is 2. The summed E-state index contributed by atoms with van der Waals surface area (Å²) in [5.74, 6) is 0.875. The molecular weight excluding hydrogens is 477 g/mol. The molecule has 1 aromatic heterocycles. The molecule has 1 saturated heterocycles. The van der Waals surface area contributed by atoms with Crippen LogP contribution in [0, 0.1) is 0 Å². The van der Waals surface area contributed by atoms with E-state index in [1.54, 1.807) is 6.20 Å². The summed E-state index contributed by atoms with van der Waals surface area (Å²) in [6, 6.07) is 10.5. The number of hydrogen-bond acceptors (Lipinski definition) is 4. The molecule has 1 fully saturated rings. The molecule has 160 valence electrons. The summed E-state index contributed by atoms with van der Waals surface area (Å²) in [7, 11) is 4.04. The molecule has 29 heavy (non-hydrogen) atoms. The smallest absolute Gasteiger partial charge is 0.191 e. The molecule has 0 spiro atoms. The van der Waals surface area contributed by atoms with Crippen LogP contribution in [0.4, 0.5) is 0 Å². The van der Waals surface area contributed by atoms with Crippen LogP contribution in [0.3, 0.4) is 0 Å². The third-order valence-corrected chi connectivity index (χ3v) is 5.17. The van der Waals surface area contributed by atoms with Gasteiger partial charge in [0.2, 0.25) is 0 Å². The first-order valence-electron chi connectivity index (χ1n) is 10.2. The standard InChI is InChI=1S/C21H33N7.HI/c1-22-21(24-12-16-27-14-4-13-26(2)17-18-27)23-11-9-19-5-7-20(8-6-19)28-15-3-10-25-28;/h3,5-8,10,15H,4,9,11-14,16-18H2,1-2H3,(H2,22,23,24);1H. The molecule has 8 heteroatoms. The summed E-state index contributed by atoms with van der Waals surface area (Å²) in [4.78, 5) is 9.28. The lowest BCUT2D eigenvalue weighted by molar-refractivity contribution is 0.280. The molecule has 2 N–H and O–H groups in total. The Balaban J connectivity index is 0.00000300. The Morgan fingerprint density at radius 3 is 2.59 bits per heavy atom. The van der Waals surface area contributed by atoms with Gasteiger partial charge in [0, 0.05) is 52.2 Å². The molecule has 2 aromatic rings. The molecule has 0 amide bonds. The van der Waals surface area contributed by atoms with Crippen molar-refractivity contribution in [3.05, 3.63) is 48.3 Å². The summed E-state index contributed by atoms with van der Waals surface area (Å²) in [6.07, 6.45) is 5.96. The summed E-state index contributed by atoms with van der Waals surface area (Å²) < 4.78 is 1.87. The van der Waals surface area contributed by atoms with Gasteiger partial charge in [-0.25, -0.2) is 4.68 Å². The predicted molar refractivity (Wildman–Crippen MR) is 131 cm³/mol. The zero-order valence-corrected chi connectivity index (χ0v) is 19.9. The Labute approximate surface area is 191 Å². The largest absolute Gasteiger partial charge is 0.356 e. The van der Waals surface area contributed by atoms with Gasteiger partial charge in [0.25, 0.3) is 0 Å². The van der Waals surface area contributed by atoms with Gasteiger partial charge in [-0.1, -0.05) is 12.1 Å². The number of rotatable bonds is 7. The van der Waals surface area contributed by atoms with Gasteiger partial charge in [-0.2, -0.15) is 5.10 Å². The summed E-state index contributed by atoms with van der Waals surface area (Å²) in [6.45, 7) is 7.54. The predicted octanol–water partition coefficient (Wildman–Crippen LogP) is 1.84. The van der Waals surface area contributed by atoms with E-state index in [0.717, 1.165) is 50.8 Å². The molecule has 2 heterocycles. The Hall–Kier alpha value is -1.65. The second kappa shape index (κ2) is 12.8. The summed E-state index contributed by atoms with van der Waals surface area (Å²) in [5, 5.41) is 11.1. The minimum absolute atomic E-state index is 0. The molecule has 0 unspecified atom stereocenters. The van der Waals surface area contributed by atoms with Gasteiger partial charge >= 0.3 is 0 Å². The van der Waals surface area contributed by atoms with Gasteiger partial charge in [-0.3, -0.25) is 4.99 Å². The average molecular weight is 511 g/mol. The second-order valence-electron chi connectivity index (χ2n) is 7.29. The number of guanidine groups is 1. The molecule has 7 nitrogen and oxygen atoms in total. The fourth-order valence-electron chi connectivity index (χ4n) is 3.44. The van der Waals surface area contributed by atoms with Crippen LogP contribution in [0.25, 0.3) is 5.69 Å². The van der Waals surface area contributed by atoms with E-state index in [1.807, 2.05) is 24.0 Å². The van der Waals surface area contributed by atoms with Gasteiger partial charge < -0.3 is 20.4 Å². The number of nitrogens with zero attached hydrogens (tertiary/aromatic N) is 5. The second-order valence-corrected chi connectivity index (χ2v) is 7.29. The van der Waals surface area contributed by atoms with Crippen molar-refractivity contribution in [1.29, 1.82) is 0 Å². The van der Waals surface area contributed by atoms with E-state index in [-0.39, 0.29) is 24.0 Å². The van der Waals surface area contributed by atoms with Crippen LogP contribution in [0.2, 0.25) is 0 Å². The maximum atomic E-state index is 4.34. The number of benzene rings is 1. The van der Waals surface area contributed by atoms with Crippen molar-refractivity contribution < 1.29 is 0 Å². The lowest BCUT2D eigenvalue weighted by atomic mass is 10.1. The molecule has 1 aliphatic heterocycles. The lowest BCUT2D eigenvalue weighted by Crippen LogP contribution is -2.42. The highest BCUT2D eigenvalue weighted by Crippen LogP contribution is 2.08. The molecule has 1 aromatic carbocycles. The molecular formula is C21H34IN7. The fourth-order valence-corrected chi connectivity index (χ4v) is 3.44. The van der Waals surface area contributed by atoms with Crippen molar-refractivity contribution in [1.82, 2.24) is 30.2 Å². The third-order valence-electron chi connectivity index (χ3n) is 5.17. The Morgan fingerprint density at radius 1 is 1.07 bits per heavy atom. The molecule has 1 aliphatic rings. The molecule has 0 aliphatic carbocycles. The SMILES string of the molecule is CN=C(NCCc1ccc(-n2cccn2)cc1)NCCN1CCCN(C)CC1.I. The van der Waals surface area contributed by atoms with Gasteiger partial charge in [-0.05, 0) is 56.7 Å². The maximum Gasteiger partial charge on any atom is 0.191 e. The summed E-state index contributed by atoms with van der Waals surface area (Å²) in [5.41, 5.74) is 2.38. The number of aromatic nitrogens is 2. The van der Waals surface area contributed by atoms with E-state index in [1.165, 1.54) is 25.1 Å². The van der Waals surface area contributed by atoms with Crippen molar-refractivity contribution in [2.75, 3.05) is 59.9 Å². The topological polar surface area (TPSA) is 60.7 Å². The van der Waals surface area contributed by atoms with E-state index in [9.17, 15) is 0 Å². The van der Waals surface area contributed by atoms with Gasteiger partial charge in [0.1, 0.15) is 0 Å². The van der Waals surface area contributed by atoms with Crippen molar-refractivity contribution in [2.24, 2.45) is 4.99 Å². The highest BCUT2D eigenvalue weighted by molar-refractivity contribution is 14.0. The number of likely N-dealkylation sites (N-methyl/N-ethyl adjacent to an activating group) is 1. The van der Waals surface area contributed by atoms with Crippen LogP contribution in [0.1, 0.15) is 12.0 Å². The molecule has 0 bridgehead atoms. The van der Waals surface area contributed by atoms with E-state index < -0.39 is 0 Å². The highest BCUT2D eigenvalue weighted by atomic mass is 127. The van der Waals surface area contributed by atoms with Gasteiger partial charge in [0.05, 0.1) is 5.69 Å². The first-order valence-corrected chi connectivity index (χ1v) is 10.2. The van der Waals surface area contributed by atoms with Crippen LogP contribution >= 0.6 is 24.0 Å². The number of nitrogens with one attached hydrogen (secondary N) is 2. The van der Waals surface area contributed by atoms with E-state index in [4.69, 9.17) is 0 Å². The maximum absolute atomic E-state index is 4.34. The number of halogens is 1. The van der Waals surface area contributed by atoms with Crippen molar-refractivity contribution in [3.8, 4) is 5.69 Å². The fraction of sp³-hybridized carbons (Fsp3) is 0.524. The Kier molecular flexibility index (Phi) is 10.4. The van der Waals surface area contributed by atoms with Crippen molar-refractivity contribution in [2.45, 2.75) is 12.8 Å². The third kappa shape index (κ3) is 7.94. The lowest BCUT2D eigenvalue weighted by Gasteiger charge is -2.21. The van der Waals surface area contributed by atoms with E-state index >= 15 is 0 Å². The Morgan fingerprint density at radius 2 is 1.86 bits per heavy atom. The molecule has 0 atom stereocenters. The molecule has 0 saturated carbocycles. The van der Waals surface area contributed by atoms with Gasteiger partial charge in [0.15, 0.2) is 5.96 Å². The zero-order valence-electron chi connectivity index (χ0n) is 17.5. The van der Waals surface area contributed by atoms with E-state index in [2.05, 4.69) is 61.8 Å². The first-order chi connectivity index (χ1) is 13.7. The van der Waals surface area contributed by atoms with Crippen LogP contribution < -0.4 is 10.6 Å². The Bertz CT molecular complexity index is 715. The van der Waals surface area contributed by atoms with Crippen LogP contribution in [0.5, 0.6) is 0 Å². The van der Waals surface area contributed by atoms with Gasteiger partial charge in [-0.15, -0.1) is 24.0 Å². The van der Waals surface area contributed by atoms with Crippen LogP contribution in [-0.4, -0.2) is 85.4 Å². The van der Waals surface area contributed by atoms with Crippen LogP contribution in [-0.2, 0) is 6.42 Å². The monoisotopic (exact) mass is 511 g/mol. The molecule has 3 rings (SSSR count). The number of aliphatic imine (C=N–C) groups is 1. The minimum atomic E-state index is 0. The normalized spacial score (nSPS) is 16.1. The average Bonchev–Trinajstić information content (AvgIpc) is 3.18. The van der Waals surface area contributed by atoms with E-state index in [0.29, 0.717) is 0 Å². The van der Waals surface area contributed by atoms with Crippen molar-refractivity contribution in [3.63, 3.8) is 0 Å². The quantitative estimate of drug-likeness (QED) is 0.338. The zero-order chi connectivity index (χ0) is 19.6. The minimum Gasteiger partial charge on any atom is -0.356 e. The highest BCUT2D eigenvalue weighted by Gasteiger charge is 2.11. The van der Waals surface area contributed by atoms with Crippen molar-refractivity contribution >= 4 is 29.9 Å². The molecule has 0 radical (unpaired) electrons. The first kappa shape index (κ1) is 23.6. The summed E-state index contributed by atoms with van der Waals surface area (Å²) >= 11 is 0.